The van der Waals surface area contributed by atoms with Crippen LogP contribution in [0.25, 0.3) is 0 Å². The van der Waals surface area contributed by atoms with Gasteiger partial charge in [-0.15, -0.1) is 0 Å². The van der Waals surface area contributed by atoms with Gasteiger partial charge in [0.1, 0.15) is 17.6 Å². The van der Waals surface area contributed by atoms with E-state index in [-0.39, 0.29) is 17.0 Å². The van der Waals surface area contributed by atoms with E-state index < -0.39 is 18.0 Å². The summed E-state index contributed by atoms with van der Waals surface area (Å²) in [7, 11) is 0. The predicted molar refractivity (Wildman–Crippen MR) is 113 cm³/mol. The number of carboxylic acid groups (broad SMARTS) is 1. The average molecular weight is 414 g/mol. The van der Waals surface area contributed by atoms with Crippen LogP contribution in [-0.2, 0) is 9.59 Å². The lowest BCUT2D eigenvalue weighted by Crippen LogP contribution is -2.60. The maximum absolute atomic E-state index is 12.5. The zero-order chi connectivity index (χ0) is 20.9. The topological polar surface area (TPSA) is 77.8 Å². The lowest BCUT2D eigenvalue weighted by Gasteiger charge is -2.43. The van der Waals surface area contributed by atoms with Crippen LogP contribution in [0, 0.1) is 5.92 Å². The van der Waals surface area contributed by atoms with Gasteiger partial charge in [-0.05, 0) is 26.2 Å². The molecule has 2 aliphatic heterocycles. The van der Waals surface area contributed by atoms with E-state index in [4.69, 9.17) is 0 Å². The molecule has 2 N–H and O–H groups in total. The largest absolute Gasteiger partial charge is 0.477 e. The lowest BCUT2D eigenvalue weighted by molar-refractivity contribution is -0.924. The summed E-state index contributed by atoms with van der Waals surface area (Å²) >= 11 is 1.49. The summed E-state index contributed by atoms with van der Waals surface area (Å²) in [5.74, 6) is -1.78. The number of rotatable bonds is 13. The fourth-order valence-corrected chi connectivity index (χ4v) is 6.06. The van der Waals surface area contributed by atoms with Gasteiger partial charge in [-0.2, -0.15) is 0 Å². The number of carboxylic acids is 1. The number of carbonyl (C=O) groups excluding carboxylic acids is 1. The molecule has 3 atom stereocenters. The van der Waals surface area contributed by atoms with E-state index in [2.05, 4.69) is 20.8 Å². The highest BCUT2D eigenvalue weighted by Crippen LogP contribution is 2.50. The Morgan fingerprint density at radius 3 is 2.00 bits per heavy atom. The minimum absolute atomic E-state index is 0.156. The number of aliphatic hydroxyl groups excluding tert-OH is 1. The van der Waals surface area contributed by atoms with Crippen molar-refractivity contribution in [3.05, 3.63) is 10.6 Å². The molecule has 2 heterocycles. The molecule has 0 saturated carbocycles. The Bertz CT molecular complexity index is 583. The summed E-state index contributed by atoms with van der Waals surface area (Å²) in [6.45, 7) is 12.0. The molecule has 0 bridgehead atoms. The minimum atomic E-state index is -1.03. The fraction of sp³-hybridized carbons (Fsp3) is 0.810. The van der Waals surface area contributed by atoms with Gasteiger partial charge in [0.2, 0.25) is 5.91 Å². The standard InChI is InChI=1S/C21H36N2O4S/c1-5-8-11-23(12-9-6-2,13-10-7-3)14-16-18(21(26)27)22-19(25)17(15(4)24)20(22)28-16/h15,17,20,24H,5-14H2,1-4H3/p+1/t15-,17+,20-/m1/s1. The number of unbranched alkanes of at least 4 members (excludes halogenated alkanes) is 3. The van der Waals surface area contributed by atoms with Gasteiger partial charge in [0.05, 0.1) is 36.6 Å². The quantitative estimate of drug-likeness (QED) is 0.357. The van der Waals surface area contributed by atoms with Crippen molar-refractivity contribution in [1.82, 2.24) is 4.90 Å². The third kappa shape index (κ3) is 4.74. The monoisotopic (exact) mass is 413 g/mol. The Morgan fingerprint density at radius 1 is 1.11 bits per heavy atom. The minimum Gasteiger partial charge on any atom is -0.477 e. The van der Waals surface area contributed by atoms with E-state index in [9.17, 15) is 19.8 Å². The Hall–Kier alpha value is -1.05. The molecule has 1 fully saturated rings. The number of quaternary nitrogens is 1. The SMILES string of the molecule is CCCC[N+](CCCC)(CCCC)CC1=C(C(=O)O)N2C(=O)[C@H]([C@@H](C)O)[C@H]2S1. The Labute approximate surface area is 173 Å². The third-order valence-corrected chi connectivity index (χ3v) is 7.36. The van der Waals surface area contributed by atoms with Gasteiger partial charge in [-0.1, -0.05) is 51.8 Å². The van der Waals surface area contributed by atoms with Crippen LogP contribution >= 0.6 is 11.8 Å². The number of hydrogen-bond acceptors (Lipinski definition) is 4. The normalized spacial score (nSPS) is 23.0. The van der Waals surface area contributed by atoms with Crippen LogP contribution < -0.4 is 0 Å². The van der Waals surface area contributed by atoms with Gasteiger partial charge in [0.25, 0.3) is 0 Å². The van der Waals surface area contributed by atoms with Crippen LogP contribution in [0.15, 0.2) is 10.6 Å². The average Bonchev–Trinajstić information content (AvgIpc) is 2.96. The smallest absolute Gasteiger partial charge is 0.353 e. The van der Waals surface area contributed by atoms with Crippen LogP contribution in [-0.4, -0.2) is 69.1 Å². The fourth-order valence-electron chi connectivity index (χ4n) is 4.32. The van der Waals surface area contributed by atoms with Crippen molar-refractivity contribution in [2.45, 2.75) is 77.7 Å². The molecule has 0 radical (unpaired) electrons. The lowest BCUT2D eigenvalue weighted by atomic mass is 9.92. The maximum Gasteiger partial charge on any atom is 0.353 e. The summed E-state index contributed by atoms with van der Waals surface area (Å²) in [6, 6.07) is 0. The Balaban J connectivity index is 2.32. The van der Waals surface area contributed by atoms with Gasteiger partial charge in [-0.3, -0.25) is 9.69 Å². The van der Waals surface area contributed by atoms with Gasteiger partial charge < -0.3 is 14.7 Å². The molecule has 0 aromatic heterocycles. The zero-order valence-corrected chi connectivity index (χ0v) is 18.6. The molecule has 0 spiro atoms. The van der Waals surface area contributed by atoms with E-state index in [1.165, 1.54) is 16.7 Å². The van der Waals surface area contributed by atoms with Crippen LogP contribution in [0.5, 0.6) is 0 Å². The van der Waals surface area contributed by atoms with Gasteiger partial charge in [0, 0.05) is 0 Å². The summed E-state index contributed by atoms with van der Waals surface area (Å²) in [5.41, 5.74) is 0.156. The van der Waals surface area contributed by atoms with Crippen LogP contribution in [0.1, 0.15) is 66.2 Å². The number of nitrogens with zero attached hydrogens (tertiary/aromatic N) is 2. The highest BCUT2D eigenvalue weighted by Gasteiger charge is 2.58. The number of aliphatic carboxylic acids is 1. The predicted octanol–water partition coefficient (Wildman–Crippen LogP) is 3.41. The molecular formula is C21H37N2O4S+. The van der Waals surface area contributed by atoms with E-state index in [0.717, 1.165) is 67.5 Å². The van der Waals surface area contributed by atoms with Crippen LogP contribution in [0.3, 0.4) is 0 Å². The molecule has 1 amide bonds. The molecule has 0 unspecified atom stereocenters. The summed E-state index contributed by atoms with van der Waals surface area (Å²) in [6.07, 6.45) is 5.96. The molecule has 7 heteroatoms. The summed E-state index contributed by atoms with van der Waals surface area (Å²) < 4.78 is 0.905. The molecule has 160 valence electrons. The second-order valence-electron chi connectivity index (χ2n) is 8.29. The molecule has 0 aromatic rings. The van der Waals surface area contributed by atoms with Crippen molar-refractivity contribution >= 4 is 23.6 Å². The molecule has 2 rings (SSSR count). The first-order valence-corrected chi connectivity index (χ1v) is 11.7. The first-order chi connectivity index (χ1) is 13.3. The zero-order valence-electron chi connectivity index (χ0n) is 17.8. The highest BCUT2D eigenvalue weighted by atomic mass is 32.2. The molecule has 6 nitrogen and oxygen atoms in total. The number of aliphatic hydroxyl groups is 1. The number of carbonyl (C=O) groups is 2. The van der Waals surface area contributed by atoms with Crippen molar-refractivity contribution in [3.8, 4) is 0 Å². The Morgan fingerprint density at radius 2 is 1.61 bits per heavy atom. The molecule has 2 aliphatic rings. The van der Waals surface area contributed by atoms with Gasteiger partial charge in [-0.25, -0.2) is 4.79 Å². The Kier molecular flexibility index (Phi) is 8.40. The molecule has 28 heavy (non-hydrogen) atoms. The summed E-state index contributed by atoms with van der Waals surface area (Å²) in [4.78, 5) is 26.7. The molecule has 0 aliphatic carbocycles. The second kappa shape index (κ2) is 10.1. The van der Waals surface area contributed by atoms with Crippen molar-refractivity contribution in [2.24, 2.45) is 5.92 Å². The van der Waals surface area contributed by atoms with E-state index in [1.807, 2.05) is 0 Å². The number of hydrogen-bond donors (Lipinski definition) is 2. The van der Waals surface area contributed by atoms with Crippen molar-refractivity contribution in [1.29, 1.82) is 0 Å². The van der Waals surface area contributed by atoms with Crippen LogP contribution in [0.2, 0.25) is 0 Å². The molecule has 0 aromatic carbocycles. The molecular weight excluding hydrogens is 376 g/mol. The summed E-state index contributed by atoms with van der Waals surface area (Å²) in [5, 5.41) is 19.5. The highest BCUT2D eigenvalue weighted by molar-refractivity contribution is 8.04. The maximum atomic E-state index is 12.5. The van der Waals surface area contributed by atoms with Crippen molar-refractivity contribution in [3.63, 3.8) is 0 Å². The first-order valence-electron chi connectivity index (χ1n) is 10.8. The van der Waals surface area contributed by atoms with Crippen LogP contribution in [0.4, 0.5) is 0 Å². The van der Waals surface area contributed by atoms with Gasteiger partial charge in [0.15, 0.2) is 0 Å². The first kappa shape index (κ1) is 23.2. The second-order valence-corrected chi connectivity index (χ2v) is 9.50. The number of amides is 1. The van der Waals surface area contributed by atoms with Crippen molar-refractivity contribution in [2.75, 3.05) is 26.2 Å². The van der Waals surface area contributed by atoms with Crippen molar-refractivity contribution < 1.29 is 24.3 Å². The van der Waals surface area contributed by atoms with Gasteiger partial charge >= 0.3 is 5.97 Å². The van der Waals surface area contributed by atoms with E-state index in [0.29, 0.717) is 6.54 Å². The van der Waals surface area contributed by atoms with E-state index in [1.54, 1.807) is 6.92 Å². The number of β-lactam (4-membered cyclic amide) rings is 1. The van der Waals surface area contributed by atoms with E-state index >= 15 is 0 Å². The number of fused-ring (bicyclic) bond motifs is 1. The number of thioether (sulfide) groups is 1. The third-order valence-electron chi connectivity index (χ3n) is 6.01. The molecule has 1 saturated heterocycles.